The van der Waals surface area contributed by atoms with E-state index in [9.17, 15) is 9.59 Å². The standard InChI is InChI=1S/C17H19N7O2S/c1-8-6-23(12-10(13(25)14(12)26)20-9-2-3-9)4-5-24(8)15-11-16(27-7-19-11)22-17(18)21-15/h7-9,20H,2-6H2,1H3,(H2,18,21,22)/t8-/m0/s1. The molecule has 2 fully saturated rings. The second-order valence-corrected chi connectivity index (χ2v) is 8.03. The predicted octanol–water partition coefficient (Wildman–Crippen LogP) is 0.554. The van der Waals surface area contributed by atoms with Crippen molar-refractivity contribution in [2.24, 2.45) is 0 Å². The van der Waals surface area contributed by atoms with Crippen molar-refractivity contribution in [1.29, 1.82) is 0 Å². The fourth-order valence-corrected chi connectivity index (χ4v) is 4.35. The molecule has 1 saturated carbocycles. The van der Waals surface area contributed by atoms with Gasteiger partial charge in [-0.2, -0.15) is 4.98 Å². The van der Waals surface area contributed by atoms with Crippen molar-refractivity contribution in [3.05, 3.63) is 26.0 Å². The largest absolute Gasteiger partial charge is 0.377 e. The Kier molecular flexibility index (Phi) is 3.58. The fourth-order valence-electron chi connectivity index (χ4n) is 3.69. The zero-order valence-corrected chi connectivity index (χ0v) is 15.6. The summed E-state index contributed by atoms with van der Waals surface area (Å²) in [5, 5.41) is 3.21. The van der Waals surface area contributed by atoms with Gasteiger partial charge in [0, 0.05) is 31.7 Å². The zero-order valence-electron chi connectivity index (χ0n) is 14.8. The maximum Gasteiger partial charge on any atom is 0.253 e. The molecule has 3 N–H and O–H groups in total. The van der Waals surface area contributed by atoms with Crippen LogP contribution >= 0.6 is 11.3 Å². The summed E-state index contributed by atoms with van der Waals surface area (Å²) in [4.78, 5) is 42.1. The van der Waals surface area contributed by atoms with Crippen LogP contribution in [0.1, 0.15) is 19.8 Å². The molecule has 3 aromatic rings. The molecule has 0 amide bonds. The van der Waals surface area contributed by atoms with Gasteiger partial charge in [0.05, 0.1) is 5.51 Å². The molecular weight excluding hydrogens is 366 g/mol. The predicted molar refractivity (Wildman–Crippen MR) is 107 cm³/mol. The second kappa shape index (κ2) is 5.88. The lowest BCUT2D eigenvalue weighted by atomic mass is 10.1. The highest BCUT2D eigenvalue weighted by Gasteiger charge is 2.34. The molecule has 0 spiro atoms. The molecule has 0 unspecified atom stereocenters. The van der Waals surface area contributed by atoms with E-state index in [2.05, 4.69) is 32.1 Å². The lowest BCUT2D eigenvalue weighted by molar-refractivity contribution is 0.546. The van der Waals surface area contributed by atoms with E-state index in [0.29, 0.717) is 37.1 Å². The fraction of sp³-hybridized carbons (Fsp3) is 0.471. The van der Waals surface area contributed by atoms with Gasteiger partial charge in [0.25, 0.3) is 10.9 Å². The number of fused-ring (bicyclic) bond motifs is 1. The smallest absolute Gasteiger partial charge is 0.253 e. The molecule has 1 aliphatic heterocycles. The summed E-state index contributed by atoms with van der Waals surface area (Å²) < 4.78 is 0. The van der Waals surface area contributed by atoms with Crippen LogP contribution < -0.4 is 31.7 Å². The van der Waals surface area contributed by atoms with Gasteiger partial charge in [-0.25, -0.2) is 9.97 Å². The number of aromatic nitrogens is 3. The highest BCUT2D eigenvalue weighted by Crippen LogP contribution is 2.32. The Bertz CT molecular complexity index is 1100. The molecule has 5 rings (SSSR count). The minimum atomic E-state index is -0.389. The Labute approximate surface area is 158 Å². The molecule has 0 radical (unpaired) electrons. The van der Waals surface area contributed by atoms with Crippen LogP contribution in [0.4, 0.5) is 23.1 Å². The number of hydrogen-bond donors (Lipinski definition) is 2. The zero-order chi connectivity index (χ0) is 18.7. The molecule has 2 aromatic heterocycles. The first-order chi connectivity index (χ1) is 13.0. The maximum absolute atomic E-state index is 12.2. The number of nitrogen functional groups attached to an aromatic ring is 1. The van der Waals surface area contributed by atoms with Gasteiger partial charge in [0.2, 0.25) is 5.95 Å². The third-order valence-corrected chi connectivity index (χ3v) is 5.94. The first-order valence-electron chi connectivity index (χ1n) is 9.01. The monoisotopic (exact) mass is 385 g/mol. The van der Waals surface area contributed by atoms with Gasteiger partial charge in [-0.05, 0) is 19.8 Å². The minimum absolute atomic E-state index is 0.0797. The molecule has 0 bridgehead atoms. The number of anilines is 4. The Balaban J connectivity index is 1.41. The second-order valence-electron chi connectivity index (χ2n) is 7.20. The van der Waals surface area contributed by atoms with E-state index in [4.69, 9.17) is 5.73 Å². The van der Waals surface area contributed by atoms with E-state index in [0.717, 1.165) is 29.0 Å². The van der Waals surface area contributed by atoms with E-state index >= 15 is 0 Å². The van der Waals surface area contributed by atoms with Crippen LogP contribution in [-0.2, 0) is 0 Å². The number of nitrogens with two attached hydrogens (primary N) is 1. The molecular formula is C17H19N7O2S. The van der Waals surface area contributed by atoms with E-state index < -0.39 is 0 Å². The van der Waals surface area contributed by atoms with Crippen molar-refractivity contribution < 1.29 is 0 Å². The summed E-state index contributed by atoms with van der Waals surface area (Å²) >= 11 is 1.43. The molecule has 27 heavy (non-hydrogen) atoms. The third-order valence-electron chi connectivity index (χ3n) is 5.22. The number of nitrogens with zero attached hydrogens (tertiary/aromatic N) is 5. The van der Waals surface area contributed by atoms with Gasteiger partial charge in [-0.15, -0.1) is 11.3 Å². The third kappa shape index (κ3) is 2.62. The van der Waals surface area contributed by atoms with Gasteiger partial charge < -0.3 is 20.9 Å². The van der Waals surface area contributed by atoms with Crippen molar-refractivity contribution in [2.75, 3.05) is 40.5 Å². The van der Waals surface area contributed by atoms with Crippen molar-refractivity contribution in [1.82, 2.24) is 15.0 Å². The van der Waals surface area contributed by atoms with Crippen molar-refractivity contribution in [3.63, 3.8) is 0 Å². The van der Waals surface area contributed by atoms with Crippen molar-refractivity contribution >= 4 is 44.8 Å². The molecule has 1 saturated heterocycles. The van der Waals surface area contributed by atoms with Gasteiger partial charge in [0.1, 0.15) is 16.9 Å². The molecule has 10 heteroatoms. The number of hydrogen-bond acceptors (Lipinski definition) is 10. The minimum Gasteiger partial charge on any atom is -0.377 e. The van der Waals surface area contributed by atoms with Crippen molar-refractivity contribution in [3.8, 4) is 0 Å². The van der Waals surface area contributed by atoms with Crippen LogP contribution in [0.2, 0.25) is 0 Å². The van der Waals surface area contributed by atoms with Gasteiger partial charge in [0.15, 0.2) is 10.6 Å². The molecule has 9 nitrogen and oxygen atoms in total. The topological polar surface area (TPSA) is 117 Å². The molecule has 1 aromatic carbocycles. The summed E-state index contributed by atoms with van der Waals surface area (Å²) in [6.45, 7) is 3.98. The Morgan fingerprint density at radius 1 is 1.22 bits per heavy atom. The average molecular weight is 385 g/mol. The van der Waals surface area contributed by atoms with Crippen LogP contribution in [0.5, 0.6) is 0 Å². The summed E-state index contributed by atoms with van der Waals surface area (Å²) in [6, 6.07) is 0.420. The van der Waals surface area contributed by atoms with E-state index in [1.165, 1.54) is 11.3 Å². The van der Waals surface area contributed by atoms with E-state index in [1.54, 1.807) is 5.51 Å². The van der Waals surface area contributed by atoms with Gasteiger partial charge in [-0.3, -0.25) is 9.59 Å². The van der Waals surface area contributed by atoms with Crippen LogP contribution in [0.15, 0.2) is 15.1 Å². The number of nitrogens with one attached hydrogen (secondary N) is 1. The SMILES string of the molecule is C[C@H]1CN(c2c(NC3CC3)c(=O)c2=O)CCN1c1nc(N)nc2scnc12. The summed E-state index contributed by atoms with van der Waals surface area (Å²) in [5.41, 5.74) is 8.62. The normalized spacial score (nSPS) is 20.6. The van der Waals surface area contributed by atoms with Crippen LogP contribution in [0, 0.1) is 0 Å². The summed E-state index contributed by atoms with van der Waals surface area (Å²) in [6.07, 6.45) is 2.11. The lowest BCUT2D eigenvalue weighted by Gasteiger charge is -2.42. The average Bonchev–Trinajstić information content (AvgIpc) is 3.35. The first kappa shape index (κ1) is 16.4. The quantitative estimate of drug-likeness (QED) is 0.621. The van der Waals surface area contributed by atoms with Crippen molar-refractivity contribution in [2.45, 2.75) is 31.8 Å². The van der Waals surface area contributed by atoms with Gasteiger partial charge in [-0.1, -0.05) is 0 Å². The molecule has 2 aliphatic rings. The van der Waals surface area contributed by atoms with Crippen LogP contribution in [0.25, 0.3) is 10.3 Å². The molecule has 3 heterocycles. The Hall–Kier alpha value is -2.75. The maximum atomic E-state index is 12.2. The van der Waals surface area contributed by atoms with Crippen LogP contribution in [0.3, 0.4) is 0 Å². The molecule has 140 valence electrons. The number of rotatable bonds is 4. The van der Waals surface area contributed by atoms with Gasteiger partial charge >= 0.3 is 0 Å². The Morgan fingerprint density at radius 2 is 2.04 bits per heavy atom. The highest BCUT2D eigenvalue weighted by molar-refractivity contribution is 7.16. The Morgan fingerprint density at radius 3 is 2.78 bits per heavy atom. The summed E-state index contributed by atoms with van der Waals surface area (Å²) in [5.74, 6) is 0.960. The van der Waals surface area contributed by atoms with Crippen LogP contribution in [-0.4, -0.2) is 46.7 Å². The first-order valence-corrected chi connectivity index (χ1v) is 9.89. The summed E-state index contributed by atoms with van der Waals surface area (Å²) in [7, 11) is 0. The molecule has 1 aliphatic carbocycles. The van der Waals surface area contributed by atoms with E-state index in [-0.39, 0.29) is 22.8 Å². The lowest BCUT2D eigenvalue weighted by Crippen LogP contribution is -2.56. The molecule has 1 atom stereocenters. The highest BCUT2D eigenvalue weighted by atomic mass is 32.1. The number of thiazole rings is 1. The number of piperazine rings is 1. The van der Waals surface area contributed by atoms with E-state index in [1.807, 2.05) is 4.90 Å².